The van der Waals surface area contributed by atoms with Crippen LogP contribution in [0.1, 0.15) is 37.3 Å². The van der Waals surface area contributed by atoms with E-state index >= 15 is 0 Å². The molecular formula is C28H30FN5O. The van der Waals surface area contributed by atoms with Gasteiger partial charge in [-0.3, -0.25) is 4.99 Å². The predicted molar refractivity (Wildman–Crippen MR) is 136 cm³/mol. The van der Waals surface area contributed by atoms with E-state index in [1.165, 1.54) is 12.1 Å². The molecule has 0 spiro atoms. The minimum atomic E-state index is -0.240. The number of amidine groups is 1. The average Bonchev–Trinajstić information content (AvgIpc) is 3.59. The van der Waals surface area contributed by atoms with Crippen molar-refractivity contribution in [3.05, 3.63) is 83.9 Å². The van der Waals surface area contributed by atoms with Crippen LogP contribution >= 0.6 is 0 Å². The number of allylic oxidation sites excluding steroid dienone is 2. The number of benzene rings is 1. The summed E-state index contributed by atoms with van der Waals surface area (Å²) in [6.45, 7) is 3.64. The molecule has 1 N–H and O–H groups in total. The molecule has 1 aliphatic carbocycles. The van der Waals surface area contributed by atoms with Crippen LogP contribution in [0.15, 0.2) is 71.6 Å². The third-order valence-electron chi connectivity index (χ3n) is 7.40. The number of imidazole rings is 1. The Morgan fingerprint density at radius 2 is 2.06 bits per heavy atom. The van der Waals surface area contributed by atoms with Gasteiger partial charge in [0.05, 0.1) is 48.7 Å². The highest BCUT2D eigenvalue weighted by Gasteiger charge is 2.37. The van der Waals surface area contributed by atoms with E-state index < -0.39 is 0 Å². The monoisotopic (exact) mass is 471 g/mol. The minimum absolute atomic E-state index is 0.240. The van der Waals surface area contributed by atoms with Crippen molar-refractivity contribution < 1.29 is 9.13 Å². The molecule has 180 valence electrons. The summed E-state index contributed by atoms with van der Waals surface area (Å²) in [5, 5.41) is 3.54. The quantitative estimate of drug-likeness (QED) is 0.655. The van der Waals surface area contributed by atoms with Crippen LogP contribution < -0.4 is 5.32 Å². The molecule has 0 saturated carbocycles. The number of methoxy groups -OCH3 is 1. The highest BCUT2D eigenvalue weighted by Crippen LogP contribution is 2.40. The van der Waals surface area contributed by atoms with E-state index in [2.05, 4.69) is 63.3 Å². The van der Waals surface area contributed by atoms with Gasteiger partial charge < -0.3 is 19.5 Å². The van der Waals surface area contributed by atoms with Gasteiger partial charge in [-0.1, -0.05) is 25.2 Å². The first-order valence-corrected chi connectivity index (χ1v) is 12.4. The van der Waals surface area contributed by atoms with E-state index in [-0.39, 0.29) is 23.8 Å². The summed E-state index contributed by atoms with van der Waals surface area (Å²) >= 11 is 0. The van der Waals surface area contributed by atoms with Gasteiger partial charge in [0.2, 0.25) is 0 Å². The molecule has 0 amide bonds. The Balaban J connectivity index is 1.36. The molecule has 4 aliphatic rings. The van der Waals surface area contributed by atoms with Gasteiger partial charge in [0.25, 0.3) is 0 Å². The number of nitrogens with zero attached hydrogens (tertiary/aromatic N) is 4. The number of fused-ring (bicyclic) bond motifs is 2. The highest BCUT2D eigenvalue weighted by molar-refractivity contribution is 5.94. The van der Waals surface area contributed by atoms with E-state index in [1.807, 2.05) is 12.1 Å². The molecule has 4 heterocycles. The maximum absolute atomic E-state index is 13.7. The first kappa shape index (κ1) is 21.9. The Bertz CT molecular complexity index is 1280. The number of rotatable bonds is 6. The number of aromatic nitrogens is 2. The SMILES string of the molecule is CCC1=NCC=C(c2c(-c3ccc(F)cc3)nc3n2C(CN2C=CC4C(OC)=CC=CC42)CC3)N1. The van der Waals surface area contributed by atoms with Crippen molar-refractivity contribution >= 4 is 11.5 Å². The van der Waals surface area contributed by atoms with E-state index in [0.29, 0.717) is 6.54 Å². The lowest BCUT2D eigenvalue weighted by Crippen LogP contribution is -2.36. The molecule has 3 aliphatic heterocycles. The number of aryl methyl sites for hydroxylation is 1. The summed E-state index contributed by atoms with van der Waals surface area (Å²) in [4.78, 5) is 12.1. The first-order valence-electron chi connectivity index (χ1n) is 12.4. The van der Waals surface area contributed by atoms with Gasteiger partial charge in [-0.05, 0) is 49.0 Å². The van der Waals surface area contributed by atoms with Crippen LogP contribution in [-0.4, -0.2) is 46.5 Å². The van der Waals surface area contributed by atoms with Crippen molar-refractivity contribution in [3.63, 3.8) is 0 Å². The van der Waals surface area contributed by atoms with Crippen LogP contribution in [0.3, 0.4) is 0 Å². The molecule has 1 aromatic carbocycles. The average molecular weight is 472 g/mol. The van der Waals surface area contributed by atoms with Gasteiger partial charge in [0, 0.05) is 24.9 Å². The van der Waals surface area contributed by atoms with Crippen LogP contribution in [0.2, 0.25) is 0 Å². The lowest BCUT2D eigenvalue weighted by Gasteiger charge is -2.32. The second kappa shape index (κ2) is 8.87. The van der Waals surface area contributed by atoms with Crippen LogP contribution in [0.25, 0.3) is 17.0 Å². The number of nitrogens with one attached hydrogen (secondary N) is 1. The number of hydrogen-bond donors (Lipinski definition) is 1. The standard InChI is InChI=1S/C28H30FN5O/c1-3-25-30-15-13-22(31-25)28-27(18-7-9-19(29)10-8-18)32-26-12-11-20(34(26)28)17-33-16-14-21-23(33)5-4-6-24(21)35-2/h4-10,13-14,16,20-21,23H,3,11-12,15,17H2,1-2H3,(H,30,31). The molecule has 0 saturated heterocycles. The molecule has 6 rings (SSSR count). The molecule has 7 heteroatoms. The molecule has 35 heavy (non-hydrogen) atoms. The zero-order chi connectivity index (χ0) is 23.9. The molecule has 6 nitrogen and oxygen atoms in total. The van der Waals surface area contributed by atoms with E-state index in [1.54, 1.807) is 7.11 Å². The van der Waals surface area contributed by atoms with Crippen molar-refractivity contribution in [2.45, 2.75) is 38.3 Å². The molecular weight excluding hydrogens is 441 g/mol. The van der Waals surface area contributed by atoms with Crippen molar-refractivity contribution in [1.29, 1.82) is 0 Å². The van der Waals surface area contributed by atoms with Crippen LogP contribution in [0, 0.1) is 11.7 Å². The number of hydrogen-bond acceptors (Lipinski definition) is 5. The number of ether oxygens (including phenoxy) is 1. The predicted octanol–water partition coefficient (Wildman–Crippen LogP) is 4.84. The second-order valence-corrected chi connectivity index (χ2v) is 9.39. The number of halogens is 1. The zero-order valence-electron chi connectivity index (χ0n) is 20.1. The topological polar surface area (TPSA) is 54.7 Å². The number of aliphatic imine (C=N–C) groups is 1. The fourth-order valence-electron chi connectivity index (χ4n) is 5.68. The summed E-state index contributed by atoms with van der Waals surface area (Å²) in [7, 11) is 1.75. The van der Waals surface area contributed by atoms with Gasteiger partial charge >= 0.3 is 0 Å². The maximum atomic E-state index is 13.7. The Labute approximate surface area is 205 Å². The van der Waals surface area contributed by atoms with Crippen LogP contribution in [-0.2, 0) is 11.2 Å². The van der Waals surface area contributed by atoms with Crippen molar-refractivity contribution in [3.8, 4) is 11.3 Å². The van der Waals surface area contributed by atoms with Gasteiger partial charge in [-0.2, -0.15) is 0 Å². The smallest absolute Gasteiger partial charge is 0.123 e. The van der Waals surface area contributed by atoms with Gasteiger partial charge in [-0.15, -0.1) is 0 Å². The lowest BCUT2D eigenvalue weighted by atomic mass is 9.94. The van der Waals surface area contributed by atoms with Crippen molar-refractivity contribution in [2.75, 3.05) is 20.2 Å². The molecule has 3 atom stereocenters. The summed E-state index contributed by atoms with van der Waals surface area (Å²) in [5.41, 5.74) is 3.94. The van der Waals surface area contributed by atoms with Crippen molar-refractivity contribution in [2.24, 2.45) is 10.9 Å². The largest absolute Gasteiger partial charge is 0.500 e. The normalized spacial score (nSPS) is 24.5. The summed E-state index contributed by atoms with van der Waals surface area (Å²) in [5.74, 6) is 3.09. The third-order valence-corrected chi connectivity index (χ3v) is 7.40. The summed E-state index contributed by atoms with van der Waals surface area (Å²) in [6.07, 6.45) is 15.8. The molecule has 1 aromatic heterocycles. The maximum Gasteiger partial charge on any atom is 0.123 e. The van der Waals surface area contributed by atoms with E-state index in [0.717, 1.165) is 65.9 Å². The summed E-state index contributed by atoms with van der Waals surface area (Å²) < 4.78 is 21.7. The van der Waals surface area contributed by atoms with Gasteiger partial charge in [0.1, 0.15) is 23.2 Å². The van der Waals surface area contributed by atoms with Gasteiger partial charge in [-0.25, -0.2) is 9.37 Å². The van der Waals surface area contributed by atoms with E-state index in [9.17, 15) is 4.39 Å². The van der Waals surface area contributed by atoms with Gasteiger partial charge in [0.15, 0.2) is 0 Å². The molecule has 2 aromatic rings. The third kappa shape index (κ3) is 3.79. The minimum Gasteiger partial charge on any atom is -0.500 e. The highest BCUT2D eigenvalue weighted by atomic mass is 19.1. The van der Waals surface area contributed by atoms with Crippen LogP contribution in [0.5, 0.6) is 0 Å². The fraction of sp³-hybridized carbons (Fsp3) is 0.357. The fourth-order valence-corrected chi connectivity index (χ4v) is 5.68. The molecule has 3 unspecified atom stereocenters. The molecule has 0 bridgehead atoms. The Hall–Kier alpha value is -3.61. The first-order chi connectivity index (χ1) is 17.2. The zero-order valence-corrected chi connectivity index (χ0v) is 20.1. The molecule has 0 radical (unpaired) electrons. The Morgan fingerprint density at radius 1 is 1.20 bits per heavy atom. The van der Waals surface area contributed by atoms with Crippen LogP contribution in [0.4, 0.5) is 4.39 Å². The second-order valence-electron chi connectivity index (χ2n) is 9.39. The van der Waals surface area contributed by atoms with E-state index in [4.69, 9.17) is 9.72 Å². The molecule has 0 fully saturated rings. The Morgan fingerprint density at radius 3 is 2.86 bits per heavy atom. The summed E-state index contributed by atoms with van der Waals surface area (Å²) in [6, 6.07) is 7.21. The Kier molecular flexibility index (Phi) is 5.55. The van der Waals surface area contributed by atoms with Crippen molar-refractivity contribution in [1.82, 2.24) is 19.8 Å². The lowest BCUT2D eigenvalue weighted by molar-refractivity contribution is 0.206.